The number of benzene rings is 1. The summed E-state index contributed by atoms with van der Waals surface area (Å²) in [7, 11) is 0. The number of hydrogen-bond acceptors (Lipinski definition) is 2. The first kappa shape index (κ1) is 18.0. The molecule has 1 aliphatic carbocycles. The van der Waals surface area contributed by atoms with Crippen molar-refractivity contribution in [2.45, 2.75) is 76.8 Å². The van der Waals surface area contributed by atoms with Crippen molar-refractivity contribution < 1.29 is 9.90 Å². The van der Waals surface area contributed by atoms with Crippen molar-refractivity contribution in [3.63, 3.8) is 0 Å². The van der Waals surface area contributed by atoms with E-state index in [-0.39, 0.29) is 12.5 Å². The first-order chi connectivity index (χ1) is 11.2. The number of carboxylic acid groups (broad SMARTS) is 1. The van der Waals surface area contributed by atoms with Gasteiger partial charge in [0.15, 0.2) is 0 Å². The smallest absolute Gasteiger partial charge is 0.303 e. The lowest BCUT2D eigenvalue weighted by atomic mass is 9.83. The minimum atomic E-state index is -0.698. The number of carbonyl (C=O) groups is 1. The summed E-state index contributed by atoms with van der Waals surface area (Å²) in [5, 5.41) is 12.8. The molecule has 0 amide bonds. The Morgan fingerprint density at radius 3 is 2.52 bits per heavy atom. The van der Waals surface area contributed by atoms with Crippen LogP contribution in [0.2, 0.25) is 0 Å². The molecular weight excluding hydrogens is 286 g/mol. The first-order valence-electron chi connectivity index (χ1n) is 9.19. The van der Waals surface area contributed by atoms with Crippen LogP contribution in [0.15, 0.2) is 30.3 Å². The maximum atomic E-state index is 10.9. The number of nitrogens with one attached hydrogen (secondary N) is 1. The molecule has 0 aliphatic heterocycles. The van der Waals surface area contributed by atoms with Gasteiger partial charge in [-0.25, -0.2) is 0 Å². The standard InChI is InChI=1S/C20H31NO2/c1-2-6-16-9-11-18(12-10-16)21-19(13-14-20(22)23)15-17-7-4-3-5-8-17/h3-5,7-8,16,18-19,21H,2,6,9-15H2,1H3,(H,22,23). The van der Waals surface area contributed by atoms with E-state index >= 15 is 0 Å². The van der Waals surface area contributed by atoms with Crippen molar-refractivity contribution in [2.75, 3.05) is 0 Å². The van der Waals surface area contributed by atoms with Crippen LogP contribution in [0.3, 0.4) is 0 Å². The fourth-order valence-electron chi connectivity index (χ4n) is 3.80. The normalized spacial score (nSPS) is 22.7. The molecular formula is C20H31NO2. The van der Waals surface area contributed by atoms with Gasteiger partial charge in [0, 0.05) is 18.5 Å². The summed E-state index contributed by atoms with van der Waals surface area (Å²) in [5.41, 5.74) is 1.29. The maximum absolute atomic E-state index is 10.9. The summed E-state index contributed by atoms with van der Waals surface area (Å²) in [5.74, 6) is 0.209. The van der Waals surface area contributed by atoms with E-state index in [0.717, 1.165) is 12.3 Å². The van der Waals surface area contributed by atoms with E-state index in [1.165, 1.54) is 44.1 Å². The molecule has 1 unspecified atom stereocenters. The number of rotatable bonds is 9. The molecule has 0 spiro atoms. The highest BCUT2D eigenvalue weighted by atomic mass is 16.4. The highest BCUT2D eigenvalue weighted by molar-refractivity contribution is 5.66. The lowest BCUT2D eigenvalue weighted by Crippen LogP contribution is -2.42. The van der Waals surface area contributed by atoms with Crippen LogP contribution in [-0.4, -0.2) is 23.2 Å². The average Bonchev–Trinajstić information content (AvgIpc) is 2.55. The van der Waals surface area contributed by atoms with Crippen LogP contribution in [0.5, 0.6) is 0 Å². The molecule has 1 atom stereocenters. The Balaban J connectivity index is 1.85. The van der Waals surface area contributed by atoms with Crippen LogP contribution in [0, 0.1) is 5.92 Å². The second-order valence-corrected chi connectivity index (χ2v) is 6.99. The van der Waals surface area contributed by atoms with Crippen LogP contribution in [0.1, 0.15) is 63.9 Å². The third kappa shape index (κ3) is 6.74. The van der Waals surface area contributed by atoms with Crippen LogP contribution in [0.25, 0.3) is 0 Å². The molecule has 2 rings (SSSR count). The van der Waals surface area contributed by atoms with Gasteiger partial charge in [-0.2, -0.15) is 0 Å². The Kier molecular flexibility index (Phi) is 7.60. The van der Waals surface area contributed by atoms with E-state index in [1.807, 2.05) is 6.07 Å². The molecule has 0 radical (unpaired) electrons. The number of carboxylic acids is 1. The SMILES string of the molecule is CCCC1CCC(NC(CCC(=O)O)Cc2ccccc2)CC1. The summed E-state index contributed by atoms with van der Waals surface area (Å²) in [6.07, 6.45) is 9.64. The minimum absolute atomic E-state index is 0.246. The molecule has 1 aliphatic rings. The van der Waals surface area contributed by atoms with Gasteiger partial charge >= 0.3 is 5.97 Å². The Labute approximate surface area is 140 Å². The molecule has 0 aromatic heterocycles. The van der Waals surface area contributed by atoms with E-state index in [2.05, 4.69) is 36.5 Å². The predicted octanol–water partition coefficient (Wildman–Crippen LogP) is 4.41. The van der Waals surface area contributed by atoms with Gasteiger partial charge in [-0.15, -0.1) is 0 Å². The number of aliphatic carboxylic acids is 1. The molecule has 2 N–H and O–H groups in total. The Bertz CT molecular complexity index is 452. The zero-order valence-electron chi connectivity index (χ0n) is 14.3. The molecule has 3 heteroatoms. The lowest BCUT2D eigenvalue weighted by molar-refractivity contribution is -0.137. The van der Waals surface area contributed by atoms with Gasteiger partial charge in [0.1, 0.15) is 0 Å². The molecule has 0 heterocycles. The molecule has 0 bridgehead atoms. The van der Waals surface area contributed by atoms with Gasteiger partial charge in [-0.1, -0.05) is 50.1 Å². The molecule has 3 nitrogen and oxygen atoms in total. The average molecular weight is 317 g/mol. The molecule has 1 saturated carbocycles. The van der Waals surface area contributed by atoms with Crippen LogP contribution in [-0.2, 0) is 11.2 Å². The Morgan fingerprint density at radius 1 is 1.22 bits per heavy atom. The highest BCUT2D eigenvalue weighted by Gasteiger charge is 2.23. The fraction of sp³-hybridized carbons (Fsp3) is 0.650. The van der Waals surface area contributed by atoms with Crippen molar-refractivity contribution in [3.8, 4) is 0 Å². The molecule has 23 heavy (non-hydrogen) atoms. The summed E-state index contributed by atoms with van der Waals surface area (Å²) in [6.45, 7) is 2.27. The van der Waals surface area contributed by atoms with Crippen molar-refractivity contribution in [3.05, 3.63) is 35.9 Å². The van der Waals surface area contributed by atoms with E-state index in [9.17, 15) is 4.79 Å². The fourth-order valence-corrected chi connectivity index (χ4v) is 3.80. The van der Waals surface area contributed by atoms with Crippen LogP contribution >= 0.6 is 0 Å². The Morgan fingerprint density at radius 2 is 1.91 bits per heavy atom. The minimum Gasteiger partial charge on any atom is -0.481 e. The zero-order valence-corrected chi connectivity index (χ0v) is 14.3. The third-order valence-electron chi connectivity index (χ3n) is 5.05. The molecule has 0 saturated heterocycles. The summed E-state index contributed by atoms with van der Waals surface area (Å²) in [6, 6.07) is 11.2. The van der Waals surface area contributed by atoms with E-state index in [1.54, 1.807) is 0 Å². The van der Waals surface area contributed by atoms with E-state index in [0.29, 0.717) is 12.5 Å². The second-order valence-electron chi connectivity index (χ2n) is 6.99. The van der Waals surface area contributed by atoms with Gasteiger partial charge in [0.2, 0.25) is 0 Å². The molecule has 1 aromatic carbocycles. The van der Waals surface area contributed by atoms with Crippen LogP contribution in [0.4, 0.5) is 0 Å². The van der Waals surface area contributed by atoms with Gasteiger partial charge in [-0.05, 0) is 50.0 Å². The number of hydrogen-bond donors (Lipinski definition) is 2. The lowest BCUT2D eigenvalue weighted by Gasteiger charge is -2.32. The van der Waals surface area contributed by atoms with Crippen molar-refractivity contribution >= 4 is 5.97 Å². The first-order valence-corrected chi connectivity index (χ1v) is 9.19. The Hall–Kier alpha value is -1.35. The molecule has 128 valence electrons. The monoisotopic (exact) mass is 317 g/mol. The topological polar surface area (TPSA) is 49.3 Å². The van der Waals surface area contributed by atoms with Crippen molar-refractivity contribution in [1.82, 2.24) is 5.32 Å². The van der Waals surface area contributed by atoms with Gasteiger partial charge < -0.3 is 10.4 Å². The summed E-state index contributed by atoms with van der Waals surface area (Å²) < 4.78 is 0. The highest BCUT2D eigenvalue weighted by Crippen LogP contribution is 2.28. The van der Waals surface area contributed by atoms with Gasteiger partial charge in [0.25, 0.3) is 0 Å². The zero-order chi connectivity index (χ0) is 16.5. The maximum Gasteiger partial charge on any atom is 0.303 e. The second kappa shape index (κ2) is 9.71. The van der Waals surface area contributed by atoms with Crippen LogP contribution < -0.4 is 5.32 Å². The third-order valence-corrected chi connectivity index (χ3v) is 5.05. The summed E-state index contributed by atoms with van der Waals surface area (Å²) >= 11 is 0. The predicted molar refractivity (Wildman–Crippen MR) is 94.6 cm³/mol. The van der Waals surface area contributed by atoms with E-state index in [4.69, 9.17) is 5.11 Å². The van der Waals surface area contributed by atoms with E-state index < -0.39 is 5.97 Å². The van der Waals surface area contributed by atoms with Gasteiger partial charge in [0.05, 0.1) is 0 Å². The molecule has 1 aromatic rings. The summed E-state index contributed by atoms with van der Waals surface area (Å²) in [4.78, 5) is 10.9. The van der Waals surface area contributed by atoms with Crippen molar-refractivity contribution in [2.24, 2.45) is 5.92 Å². The largest absolute Gasteiger partial charge is 0.481 e. The van der Waals surface area contributed by atoms with Crippen molar-refractivity contribution in [1.29, 1.82) is 0 Å². The quantitative estimate of drug-likeness (QED) is 0.709. The molecule has 1 fully saturated rings. The van der Waals surface area contributed by atoms with Gasteiger partial charge in [-0.3, -0.25) is 4.79 Å².